The number of nitrogens with zero attached hydrogens (tertiary/aromatic N) is 5. The van der Waals surface area contributed by atoms with Crippen molar-refractivity contribution >= 4 is 21.0 Å². The van der Waals surface area contributed by atoms with Crippen molar-refractivity contribution in [2.75, 3.05) is 13.1 Å². The van der Waals surface area contributed by atoms with E-state index in [1.165, 1.54) is 0 Å². The number of hydrogen-bond donors (Lipinski definition) is 0. The summed E-state index contributed by atoms with van der Waals surface area (Å²) in [5, 5.41) is 12.5. The van der Waals surface area contributed by atoms with Gasteiger partial charge in [-0.3, -0.25) is 4.68 Å². The molecule has 25 heavy (non-hydrogen) atoms. The summed E-state index contributed by atoms with van der Waals surface area (Å²) in [6.07, 6.45) is 5.26. The van der Waals surface area contributed by atoms with Gasteiger partial charge in [-0.25, -0.2) is 12.7 Å². The van der Waals surface area contributed by atoms with Gasteiger partial charge in [-0.15, -0.1) is 5.10 Å². The van der Waals surface area contributed by atoms with E-state index in [-0.39, 0.29) is 11.7 Å². The Labute approximate surface area is 145 Å². The van der Waals surface area contributed by atoms with Gasteiger partial charge in [0.25, 0.3) is 0 Å². The first-order chi connectivity index (χ1) is 12.1. The molecule has 1 atom stereocenters. The molecule has 0 aliphatic carbocycles. The average Bonchev–Trinajstić information content (AvgIpc) is 3.25. The van der Waals surface area contributed by atoms with Crippen molar-refractivity contribution in [2.24, 2.45) is 5.92 Å². The van der Waals surface area contributed by atoms with E-state index >= 15 is 0 Å². The lowest BCUT2D eigenvalue weighted by Crippen LogP contribution is -2.41. The van der Waals surface area contributed by atoms with Crippen molar-refractivity contribution < 1.29 is 12.9 Å². The molecule has 3 aromatic rings. The minimum Gasteiger partial charge on any atom is -0.356 e. The van der Waals surface area contributed by atoms with Crippen LogP contribution in [0.3, 0.4) is 0 Å². The summed E-state index contributed by atoms with van der Waals surface area (Å²) in [4.78, 5) is 0. The molecule has 0 bridgehead atoms. The molecule has 1 aromatic carbocycles. The van der Waals surface area contributed by atoms with E-state index in [1.54, 1.807) is 27.4 Å². The quantitative estimate of drug-likeness (QED) is 0.686. The number of para-hydroxylation sites is 1. The fourth-order valence-corrected chi connectivity index (χ4v) is 4.91. The Balaban J connectivity index is 1.49. The van der Waals surface area contributed by atoms with E-state index in [9.17, 15) is 8.42 Å². The molecule has 0 radical (unpaired) electrons. The van der Waals surface area contributed by atoms with Gasteiger partial charge in [0, 0.05) is 31.2 Å². The summed E-state index contributed by atoms with van der Waals surface area (Å²) in [7, 11) is -3.44. The van der Waals surface area contributed by atoms with Gasteiger partial charge in [0.15, 0.2) is 5.58 Å². The summed E-state index contributed by atoms with van der Waals surface area (Å²) in [5.41, 5.74) is 1.07. The van der Waals surface area contributed by atoms with Gasteiger partial charge in [0.1, 0.15) is 11.4 Å². The van der Waals surface area contributed by atoms with Gasteiger partial charge < -0.3 is 4.52 Å². The topological polar surface area (TPSA) is 94.1 Å². The maximum Gasteiger partial charge on any atom is 0.220 e. The Hall–Kier alpha value is -2.26. The second kappa shape index (κ2) is 6.57. The highest BCUT2D eigenvalue weighted by Gasteiger charge is 2.30. The van der Waals surface area contributed by atoms with Crippen molar-refractivity contribution in [1.82, 2.24) is 24.5 Å². The molecule has 4 rings (SSSR count). The fourth-order valence-electron chi connectivity index (χ4n) is 3.33. The number of rotatable bonds is 5. The Kier molecular flexibility index (Phi) is 4.26. The van der Waals surface area contributed by atoms with Gasteiger partial charge in [0.2, 0.25) is 10.0 Å². The van der Waals surface area contributed by atoms with Gasteiger partial charge in [-0.05, 0) is 30.9 Å². The first-order valence-corrected chi connectivity index (χ1v) is 9.88. The number of hydrogen-bond acceptors (Lipinski definition) is 6. The fraction of sp³-hybridized carbons (Fsp3) is 0.438. The second-order valence-electron chi connectivity index (χ2n) is 6.37. The summed E-state index contributed by atoms with van der Waals surface area (Å²) in [5.74, 6) is 0.0966. The van der Waals surface area contributed by atoms with Crippen molar-refractivity contribution in [1.29, 1.82) is 0 Å². The normalized spacial score (nSPS) is 19.4. The minimum absolute atomic E-state index is 0.139. The first-order valence-electron chi connectivity index (χ1n) is 8.27. The summed E-state index contributed by atoms with van der Waals surface area (Å²) in [6.45, 7) is 1.73. The van der Waals surface area contributed by atoms with E-state index in [2.05, 4.69) is 15.5 Å². The van der Waals surface area contributed by atoms with E-state index in [0.29, 0.717) is 30.9 Å². The Morgan fingerprint density at radius 3 is 3.00 bits per heavy atom. The van der Waals surface area contributed by atoms with Crippen LogP contribution in [0, 0.1) is 5.92 Å². The second-order valence-corrected chi connectivity index (χ2v) is 8.34. The molecule has 0 spiro atoms. The molecule has 0 N–H and O–H groups in total. The SMILES string of the molecule is O=S(=O)(Cc1noc2ccccc12)N1CCC[C@H](Cn2ccnn2)C1. The monoisotopic (exact) mass is 361 g/mol. The molecule has 1 aliphatic heterocycles. The van der Waals surface area contributed by atoms with Crippen LogP contribution in [0.1, 0.15) is 18.5 Å². The highest BCUT2D eigenvalue weighted by atomic mass is 32.2. The first kappa shape index (κ1) is 16.2. The molecular formula is C16H19N5O3S. The smallest absolute Gasteiger partial charge is 0.220 e. The number of aromatic nitrogens is 4. The van der Waals surface area contributed by atoms with Crippen LogP contribution in [-0.4, -0.2) is 46.0 Å². The molecule has 0 unspecified atom stereocenters. The number of benzene rings is 1. The molecule has 1 saturated heterocycles. The van der Waals surface area contributed by atoms with Crippen LogP contribution in [-0.2, 0) is 22.3 Å². The van der Waals surface area contributed by atoms with Crippen LogP contribution >= 0.6 is 0 Å². The largest absolute Gasteiger partial charge is 0.356 e. The van der Waals surface area contributed by atoms with Crippen molar-refractivity contribution in [3.8, 4) is 0 Å². The van der Waals surface area contributed by atoms with E-state index in [1.807, 2.05) is 18.2 Å². The lowest BCUT2D eigenvalue weighted by molar-refractivity contribution is 0.238. The third kappa shape index (κ3) is 3.42. The third-order valence-electron chi connectivity index (χ3n) is 4.56. The highest BCUT2D eigenvalue weighted by molar-refractivity contribution is 7.88. The third-order valence-corrected chi connectivity index (χ3v) is 6.32. The van der Waals surface area contributed by atoms with Gasteiger partial charge >= 0.3 is 0 Å². The summed E-state index contributed by atoms with van der Waals surface area (Å²) >= 11 is 0. The average molecular weight is 361 g/mol. The van der Waals surface area contributed by atoms with Crippen LogP contribution in [0.25, 0.3) is 11.0 Å². The van der Waals surface area contributed by atoms with Gasteiger partial charge in [0.05, 0.1) is 6.20 Å². The predicted octanol–water partition coefficient (Wildman–Crippen LogP) is 1.66. The lowest BCUT2D eigenvalue weighted by atomic mass is 10.00. The number of sulfonamides is 1. The van der Waals surface area contributed by atoms with Crippen LogP contribution < -0.4 is 0 Å². The van der Waals surface area contributed by atoms with Crippen LogP contribution in [0.4, 0.5) is 0 Å². The molecule has 1 fully saturated rings. The Bertz CT molecular complexity index is 951. The molecule has 1 aliphatic rings. The Morgan fingerprint density at radius 2 is 2.16 bits per heavy atom. The standard InChI is InChI=1S/C16H19N5O3S/c22-25(23,12-15-14-5-1-2-6-16(14)24-18-15)21-8-3-4-13(11-21)10-20-9-7-17-19-20/h1-2,5-7,9,13H,3-4,8,10-12H2/t13-/m1/s1. The lowest BCUT2D eigenvalue weighted by Gasteiger charge is -2.31. The maximum atomic E-state index is 12.9. The van der Waals surface area contributed by atoms with E-state index in [4.69, 9.17) is 4.52 Å². The molecule has 9 heteroatoms. The molecule has 132 valence electrons. The molecule has 0 amide bonds. The van der Waals surface area contributed by atoms with Crippen LogP contribution in [0.2, 0.25) is 0 Å². The zero-order valence-electron chi connectivity index (χ0n) is 13.7. The number of fused-ring (bicyclic) bond motifs is 1. The molecule has 3 heterocycles. The minimum atomic E-state index is -3.44. The Morgan fingerprint density at radius 1 is 1.28 bits per heavy atom. The summed E-state index contributed by atoms with van der Waals surface area (Å²) < 4.78 is 34.3. The van der Waals surface area contributed by atoms with Gasteiger partial charge in [-0.2, -0.15) is 0 Å². The van der Waals surface area contributed by atoms with Crippen LogP contribution in [0.15, 0.2) is 41.2 Å². The highest BCUT2D eigenvalue weighted by Crippen LogP contribution is 2.25. The molecule has 0 saturated carbocycles. The van der Waals surface area contributed by atoms with Gasteiger partial charge in [-0.1, -0.05) is 22.5 Å². The molecule has 2 aromatic heterocycles. The van der Waals surface area contributed by atoms with Crippen LogP contribution in [0.5, 0.6) is 0 Å². The zero-order valence-corrected chi connectivity index (χ0v) is 14.5. The van der Waals surface area contributed by atoms with Crippen molar-refractivity contribution in [3.05, 3.63) is 42.4 Å². The maximum absolute atomic E-state index is 12.9. The summed E-state index contributed by atoms with van der Waals surface area (Å²) in [6, 6.07) is 7.31. The zero-order chi connectivity index (χ0) is 17.3. The molecular weight excluding hydrogens is 342 g/mol. The number of piperidine rings is 1. The van der Waals surface area contributed by atoms with E-state index in [0.717, 1.165) is 18.2 Å². The van der Waals surface area contributed by atoms with E-state index < -0.39 is 10.0 Å². The van der Waals surface area contributed by atoms with Crippen molar-refractivity contribution in [2.45, 2.75) is 25.1 Å². The predicted molar refractivity (Wildman–Crippen MR) is 91.0 cm³/mol. The molecule has 8 nitrogen and oxygen atoms in total. The van der Waals surface area contributed by atoms with Crippen molar-refractivity contribution in [3.63, 3.8) is 0 Å².